The summed E-state index contributed by atoms with van der Waals surface area (Å²) >= 11 is 0. The highest BCUT2D eigenvalue weighted by Crippen LogP contribution is 2.58. The van der Waals surface area contributed by atoms with E-state index in [0.29, 0.717) is 12.3 Å². The van der Waals surface area contributed by atoms with Gasteiger partial charge in [-0.3, -0.25) is 4.79 Å². The first-order chi connectivity index (χ1) is 12.0. The van der Waals surface area contributed by atoms with Crippen LogP contribution in [0, 0.1) is 11.3 Å². The maximum Gasteiger partial charge on any atom is 0.225 e. The van der Waals surface area contributed by atoms with Crippen LogP contribution in [0.15, 0.2) is 0 Å². The molecule has 0 bridgehead atoms. The lowest BCUT2D eigenvalue weighted by atomic mass is 9.51. The molecule has 3 aliphatic rings. The maximum absolute atomic E-state index is 12.9. The summed E-state index contributed by atoms with van der Waals surface area (Å²) in [6.45, 7) is 7.28. The molecule has 0 unspecified atom stereocenters. The summed E-state index contributed by atoms with van der Waals surface area (Å²) < 4.78 is 10.9. The number of likely N-dealkylation sites (tertiary alicyclic amines) is 2. The lowest BCUT2D eigenvalue weighted by Crippen LogP contribution is -2.69. The molecule has 3 rings (SSSR count). The van der Waals surface area contributed by atoms with Gasteiger partial charge in [0.1, 0.15) is 0 Å². The van der Waals surface area contributed by atoms with E-state index in [1.807, 2.05) is 4.90 Å². The minimum absolute atomic E-state index is 0.160. The number of aliphatic hydroxyl groups is 1. The summed E-state index contributed by atoms with van der Waals surface area (Å²) in [5.41, 5.74) is -0.406. The van der Waals surface area contributed by atoms with E-state index in [1.54, 1.807) is 14.2 Å². The molecule has 1 aliphatic carbocycles. The first kappa shape index (κ1) is 19.1. The number of hydrogen-bond donors (Lipinski definition) is 1. The molecule has 2 atom stereocenters. The molecule has 2 saturated heterocycles. The number of rotatable bonds is 5. The van der Waals surface area contributed by atoms with E-state index >= 15 is 0 Å². The Morgan fingerprint density at radius 3 is 2.32 bits per heavy atom. The number of methoxy groups -OCH3 is 2. The molecule has 2 heterocycles. The fourth-order valence-corrected chi connectivity index (χ4v) is 5.15. The van der Waals surface area contributed by atoms with E-state index in [4.69, 9.17) is 9.47 Å². The standard InChI is InChI=1S/C19H34N2O4/c1-18(25-3)14-16(22)19(18)6-10-21(11-7-19)17(23)15-4-8-20(9-5-15)12-13-24-2/h15-16,22H,4-14H2,1-3H3/t16-,18+/m1/s1. The van der Waals surface area contributed by atoms with Crippen molar-refractivity contribution in [1.82, 2.24) is 9.80 Å². The van der Waals surface area contributed by atoms with Crippen molar-refractivity contribution >= 4 is 5.91 Å². The second kappa shape index (κ2) is 7.51. The Morgan fingerprint density at radius 1 is 1.16 bits per heavy atom. The zero-order valence-electron chi connectivity index (χ0n) is 16.0. The molecule has 0 radical (unpaired) electrons. The molecule has 144 valence electrons. The summed E-state index contributed by atoms with van der Waals surface area (Å²) in [5.74, 6) is 0.474. The number of carbonyl (C=O) groups excluding carboxylic acids is 1. The Balaban J connectivity index is 1.49. The van der Waals surface area contributed by atoms with Gasteiger partial charge in [0.2, 0.25) is 5.91 Å². The fraction of sp³-hybridized carbons (Fsp3) is 0.947. The summed E-state index contributed by atoms with van der Waals surface area (Å²) in [6.07, 6.45) is 4.00. The summed E-state index contributed by atoms with van der Waals surface area (Å²) in [4.78, 5) is 17.3. The van der Waals surface area contributed by atoms with Gasteiger partial charge in [-0.2, -0.15) is 0 Å². The molecular formula is C19H34N2O4. The number of hydrogen-bond acceptors (Lipinski definition) is 5. The number of ether oxygens (including phenoxy) is 2. The van der Waals surface area contributed by atoms with Crippen molar-refractivity contribution in [3.05, 3.63) is 0 Å². The molecular weight excluding hydrogens is 320 g/mol. The van der Waals surface area contributed by atoms with Crippen LogP contribution in [0.2, 0.25) is 0 Å². The Kier molecular flexibility index (Phi) is 5.73. The highest BCUT2D eigenvalue weighted by Gasteiger charge is 2.63. The van der Waals surface area contributed by atoms with Crippen LogP contribution in [0.4, 0.5) is 0 Å². The largest absolute Gasteiger partial charge is 0.392 e. The van der Waals surface area contributed by atoms with Crippen LogP contribution in [0.25, 0.3) is 0 Å². The molecule has 0 aromatic heterocycles. The van der Waals surface area contributed by atoms with E-state index in [1.165, 1.54) is 0 Å². The van der Waals surface area contributed by atoms with Gasteiger partial charge in [0, 0.05) is 51.6 Å². The van der Waals surface area contributed by atoms with Crippen molar-refractivity contribution < 1.29 is 19.4 Å². The number of amides is 1. The van der Waals surface area contributed by atoms with Gasteiger partial charge in [0.15, 0.2) is 0 Å². The predicted octanol–water partition coefficient (Wildman–Crippen LogP) is 1.12. The van der Waals surface area contributed by atoms with Crippen LogP contribution in [-0.4, -0.2) is 86.1 Å². The smallest absolute Gasteiger partial charge is 0.225 e. The number of nitrogens with zero attached hydrogens (tertiary/aromatic N) is 2. The van der Waals surface area contributed by atoms with Crippen molar-refractivity contribution in [3.8, 4) is 0 Å². The van der Waals surface area contributed by atoms with Gasteiger partial charge < -0.3 is 24.4 Å². The average Bonchev–Trinajstić information content (AvgIpc) is 2.66. The molecule has 0 aromatic carbocycles. The van der Waals surface area contributed by atoms with E-state index in [0.717, 1.165) is 65.0 Å². The van der Waals surface area contributed by atoms with Gasteiger partial charge in [0.25, 0.3) is 0 Å². The Morgan fingerprint density at radius 2 is 1.80 bits per heavy atom. The van der Waals surface area contributed by atoms with Crippen LogP contribution in [-0.2, 0) is 14.3 Å². The first-order valence-corrected chi connectivity index (χ1v) is 9.69. The van der Waals surface area contributed by atoms with E-state index in [-0.39, 0.29) is 23.0 Å². The second-order valence-electron chi connectivity index (χ2n) is 8.25. The summed E-state index contributed by atoms with van der Waals surface area (Å²) in [5, 5.41) is 10.4. The minimum Gasteiger partial charge on any atom is -0.392 e. The van der Waals surface area contributed by atoms with E-state index in [9.17, 15) is 9.90 Å². The molecule has 6 nitrogen and oxygen atoms in total. The molecule has 0 aromatic rings. The van der Waals surface area contributed by atoms with Gasteiger partial charge in [-0.25, -0.2) is 0 Å². The molecule has 1 amide bonds. The number of piperidine rings is 2. The lowest BCUT2D eigenvalue weighted by Gasteiger charge is -2.63. The van der Waals surface area contributed by atoms with Crippen LogP contribution in [0.3, 0.4) is 0 Å². The first-order valence-electron chi connectivity index (χ1n) is 9.69. The van der Waals surface area contributed by atoms with Crippen molar-refractivity contribution in [3.63, 3.8) is 0 Å². The van der Waals surface area contributed by atoms with Crippen LogP contribution in [0.1, 0.15) is 39.0 Å². The maximum atomic E-state index is 12.9. The zero-order valence-corrected chi connectivity index (χ0v) is 16.0. The van der Waals surface area contributed by atoms with Gasteiger partial charge in [0.05, 0.1) is 18.3 Å². The topological polar surface area (TPSA) is 62.2 Å². The molecule has 2 aliphatic heterocycles. The van der Waals surface area contributed by atoms with Gasteiger partial charge in [-0.15, -0.1) is 0 Å². The Bertz CT molecular complexity index is 470. The highest BCUT2D eigenvalue weighted by molar-refractivity contribution is 5.79. The molecule has 6 heteroatoms. The molecule has 1 spiro atoms. The molecule has 1 saturated carbocycles. The fourth-order valence-electron chi connectivity index (χ4n) is 5.15. The van der Waals surface area contributed by atoms with Gasteiger partial charge >= 0.3 is 0 Å². The average molecular weight is 354 g/mol. The van der Waals surface area contributed by atoms with Gasteiger partial charge in [-0.1, -0.05) is 0 Å². The van der Waals surface area contributed by atoms with E-state index in [2.05, 4.69) is 11.8 Å². The molecule has 1 N–H and O–H groups in total. The third-order valence-electron chi connectivity index (χ3n) is 7.24. The minimum atomic E-state index is -0.293. The third kappa shape index (κ3) is 3.34. The van der Waals surface area contributed by atoms with Crippen molar-refractivity contribution in [1.29, 1.82) is 0 Å². The normalized spacial score (nSPS) is 33.4. The van der Waals surface area contributed by atoms with Crippen LogP contribution in [0.5, 0.6) is 0 Å². The Hall–Kier alpha value is -0.690. The van der Waals surface area contributed by atoms with Crippen molar-refractivity contribution in [2.45, 2.75) is 50.7 Å². The number of carbonyl (C=O) groups is 1. The van der Waals surface area contributed by atoms with Crippen molar-refractivity contribution in [2.75, 3.05) is 53.6 Å². The van der Waals surface area contributed by atoms with Crippen LogP contribution < -0.4 is 0 Å². The van der Waals surface area contributed by atoms with Gasteiger partial charge in [-0.05, 0) is 45.7 Å². The van der Waals surface area contributed by atoms with Crippen molar-refractivity contribution in [2.24, 2.45) is 11.3 Å². The zero-order chi connectivity index (χ0) is 18.1. The second-order valence-corrected chi connectivity index (χ2v) is 8.25. The van der Waals surface area contributed by atoms with E-state index < -0.39 is 0 Å². The SMILES string of the molecule is COCCN1CCC(C(=O)N2CCC3(CC2)[C@H](O)C[C@]3(C)OC)CC1. The third-order valence-corrected chi connectivity index (χ3v) is 7.24. The number of aliphatic hydroxyl groups excluding tert-OH is 1. The predicted molar refractivity (Wildman–Crippen MR) is 95.3 cm³/mol. The quantitative estimate of drug-likeness (QED) is 0.802. The highest BCUT2D eigenvalue weighted by atomic mass is 16.5. The molecule has 3 fully saturated rings. The lowest BCUT2D eigenvalue weighted by molar-refractivity contribution is -0.261. The van der Waals surface area contributed by atoms with Crippen LogP contribution >= 0.6 is 0 Å². The summed E-state index contributed by atoms with van der Waals surface area (Å²) in [7, 11) is 3.47. The summed E-state index contributed by atoms with van der Waals surface area (Å²) in [6, 6.07) is 0. The monoisotopic (exact) mass is 354 g/mol. The Labute approximate surface area is 151 Å². The molecule has 25 heavy (non-hydrogen) atoms.